The third-order valence-corrected chi connectivity index (χ3v) is 4.99. The Balaban J connectivity index is 1.87. The van der Waals surface area contributed by atoms with Crippen molar-refractivity contribution in [2.75, 3.05) is 20.6 Å². The average molecular weight is 387 g/mol. The van der Waals surface area contributed by atoms with Crippen LogP contribution in [-0.2, 0) is 11.2 Å². The second kappa shape index (κ2) is 10.2. The van der Waals surface area contributed by atoms with Crippen molar-refractivity contribution in [2.45, 2.75) is 32.2 Å². The molecule has 2 aromatic carbocycles. The molecule has 0 aliphatic rings. The standard InChI is InChI=1S/C22H27ClN2O2/c1-4-16-9-11-17(12-10-16)21(26)13-14-22(27)24-15-20(25(2)3)18-7-5-6-8-19(18)23/h5-12,20H,4,13-15H2,1-3H3,(H,24,27). The van der Waals surface area contributed by atoms with Crippen LogP contribution in [0.25, 0.3) is 0 Å². The molecule has 4 nitrogen and oxygen atoms in total. The lowest BCUT2D eigenvalue weighted by Crippen LogP contribution is -2.34. The highest BCUT2D eigenvalue weighted by Gasteiger charge is 2.18. The maximum Gasteiger partial charge on any atom is 0.220 e. The number of likely N-dealkylation sites (N-methyl/N-ethyl adjacent to an activating group) is 1. The van der Waals surface area contributed by atoms with E-state index in [9.17, 15) is 9.59 Å². The molecule has 1 N–H and O–H groups in total. The number of amides is 1. The van der Waals surface area contributed by atoms with Gasteiger partial charge in [-0.1, -0.05) is 61.0 Å². The van der Waals surface area contributed by atoms with Crippen LogP contribution in [0, 0.1) is 0 Å². The third-order valence-electron chi connectivity index (χ3n) is 4.64. The number of carbonyl (C=O) groups excluding carboxylic acids is 2. The fourth-order valence-corrected chi connectivity index (χ4v) is 3.17. The lowest BCUT2D eigenvalue weighted by molar-refractivity contribution is -0.121. The monoisotopic (exact) mass is 386 g/mol. The molecule has 2 aromatic rings. The zero-order valence-corrected chi connectivity index (χ0v) is 16.9. The normalized spacial score (nSPS) is 12.0. The molecule has 0 heterocycles. The van der Waals surface area contributed by atoms with Gasteiger partial charge in [0.1, 0.15) is 0 Å². The molecule has 0 radical (unpaired) electrons. The molecular weight excluding hydrogens is 360 g/mol. The van der Waals surface area contributed by atoms with E-state index < -0.39 is 0 Å². The van der Waals surface area contributed by atoms with Crippen LogP contribution < -0.4 is 5.32 Å². The van der Waals surface area contributed by atoms with Gasteiger partial charge in [-0.15, -0.1) is 0 Å². The summed E-state index contributed by atoms with van der Waals surface area (Å²) in [6.07, 6.45) is 1.32. The second-order valence-electron chi connectivity index (χ2n) is 6.78. The Morgan fingerprint density at radius 3 is 2.30 bits per heavy atom. The summed E-state index contributed by atoms with van der Waals surface area (Å²) in [5, 5.41) is 3.60. The fourth-order valence-electron chi connectivity index (χ4n) is 2.91. The van der Waals surface area contributed by atoms with Crippen molar-refractivity contribution >= 4 is 23.3 Å². The zero-order chi connectivity index (χ0) is 19.8. The third kappa shape index (κ3) is 6.19. The Hall–Kier alpha value is -2.17. The number of Topliss-reactive ketones (excluding diaryl/α,β-unsaturated/α-hetero) is 1. The van der Waals surface area contributed by atoms with Gasteiger partial charge in [0.25, 0.3) is 0 Å². The summed E-state index contributed by atoms with van der Waals surface area (Å²) in [6.45, 7) is 2.51. The largest absolute Gasteiger partial charge is 0.354 e. The van der Waals surface area contributed by atoms with Gasteiger partial charge in [-0.25, -0.2) is 0 Å². The number of nitrogens with zero attached hydrogens (tertiary/aromatic N) is 1. The topological polar surface area (TPSA) is 49.4 Å². The molecular formula is C22H27ClN2O2. The molecule has 0 bridgehead atoms. The van der Waals surface area contributed by atoms with Crippen LogP contribution in [-0.4, -0.2) is 37.2 Å². The molecule has 0 saturated carbocycles. The van der Waals surface area contributed by atoms with Gasteiger partial charge in [-0.3, -0.25) is 9.59 Å². The molecule has 1 unspecified atom stereocenters. The molecule has 5 heteroatoms. The first-order chi connectivity index (χ1) is 12.9. The van der Waals surface area contributed by atoms with Crippen molar-refractivity contribution in [3.63, 3.8) is 0 Å². The molecule has 0 aliphatic carbocycles. The Labute approximate surface area is 166 Å². The number of halogens is 1. The van der Waals surface area contributed by atoms with Crippen LogP contribution in [0.3, 0.4) is 0 Å². The zero-order valence-electron chi connectivity index (χ0n) is 16.2. The summed E-state index contributed by atoms with van der Waals surface area (Å²) in [5.41, 5.74) is 2.82. The SMILES string of the molecule is CCc1ccc(C(=O)CCC(=O)NCC(c2ccccc2Cl)N(C)C)cc1. The minimum absolute atomic E-state index is 0.0110. The molecule has 144 valence electrons. The van der Waals surface area contributed by atoms with Crippen molar-refractivity contribution in [1.82, 2.24) is 10.2 Å². The van der Waals surface area contributed by atoms with E-state index in [1.165, 1.54) is 5.56 Å². The van der Waals surface area contributed by atoms with E-state index >= 15 is 0 Å². The van der Waals surface area contributed by atoms with Crippen molar-refractivity contribution < 1.29 is 9.59 Å². The van der Waals surface area contributed by atoms with Crippen LogP contribution in [0.2, 0.25) is 5.02 Å². The fraction of sp³-hybridized carbons (Fsp3) is 0.364. The minimum atomic E-state index is -0.132. The Kier molecular flexibility index (Phi) is 8.01. The van der Waals surface area contributed by atoms with Gasteiger partial charge in [0.2, 0.25) is 5.91 Å². The number of rotatable bonds is 9. The van der Waals surface area contributed by atoms with Crippen LogP contribution in [0.4, 0.5) is 0 Å². The number of nitrogens with one attached hydrogen (secondary N) is 1. The van der Waals surface area contributed by atoms with Gasteiger partial charge in [0.15, 0.2) is 5.78 Å². The summed E-state index contributed by atoms with van der Waals surface area (Å²) in [7, 11) is 3.90. The van der Waals surface area contributed by atoms with E-state index in [-0.39, 0.29) is 30.6 Å². The van der Waals surface area contributed by atoms with Crippen LogP contribution >= 0.6 is 11.6 Å². The Morgan fingerprint density at radius 1 is 1.04 bits per heavy atom. The van der Waals surface area contributed by atoms with Crippen molar-refractivity contribution in [2.24, 2.45) is 0 Å². The minimum Gasteiger partial charge on any atom is -0.354 e. The summed E-state index contributed by atoms with van der Waals surface area (Å²) >= 11 is 6.29. The maximum atomic E-state index is 12.3. The van der Waals surface area contributed by atoms with Gasteiger partial charge < -0.3 is 10.2 Å². The summed E-state index contributed by atoms with van der Waals surface area (Å²) in [5.74, 6) is -0.143. The van der Waals surface area contributed by atoms with Gasteiger partial charge in [-0.2, -0.15) is 0 Å². The molecule has 27 heavy (non-hydrogen) atoms. The lowest BCUT2D eigenvalue weighted by atomic mass is 10.0. The summed E-state index contributed by atoms with van der Waals surface area (Å²) in [6, 6.07) is 15.2. The number of benzene rings is 2. The smallest absolute Gasteiger partial charge is 0.220 e. The first-order valence-corrected chi connectivity index (χ1v) is 9.59. The molecule has 0 fully saturated rings. The average Bonchev–Trinajstić information content (AvgIpc) is 2.67. The molecule has 0 saturated heterocycles. The van der Waals surface area contributed by atoms with Crippen LogP contribution in [0.5, 0.6) is 0 Å². The van der Waals surface area contributed by atoms with Crippen LogP contribution in [0.15, 0.2) is 48.5 Å². The van der Waals surface area contributed by atoms with Gasteiger partial charge in [-0.05, 0) is 37.7 Å². The highest BCUT2D eigenvalue weighted by Crippen LogP contribution is 2.25. The van der Waals surface area contributed by atoms with E-state index in [1.807, 2.05) is 67.5 Å². The predicted molar refractivity (Wildman–Crippen MR) is 110 cm³/mol. The molecule has 1 amide bonds. The van der Waals surface area contributed by atoms with Crippen molar-refractivity contribution in [1.29, 1.82) is 0 Å². The van der Waals surface area contributed by atoms with E-state index in [1.54, 1.807) is 0 Å². The van der Waals surface area contributed by atoms with E-state index in [4.69, 9.17) is 11.6 Å². The predicted octanol–water partition coefficient (Wildman–Crippen LogP) is 4.28. The van der Waals surface area contributed by atoms with Crippen molar-refractivity contribution in [3.8, 4) is 0 Å². The maximum absolute atomic E-state index is 12.3. The highest BCUT2D eigenvalue weighted by molar-refractivity contribution is 6.31. The van der Waals surface area contributed by atoms with Crippen LogP contribution in [0.1, 0.15) is 47.3 Å². The van der Waals surface area contributed by atoms with E-state index in [2.05, 4.69) is 12.2 Å². The van der Waals surface area contributed by atoms with Crippen molar-refractivity contribution in [3.05, 3.63) is 70.2 Å². The molecule has 0 spiro atoms. The van der Waals surface area contributed by atoms with Gasteiger partial charge in [0.05, 0.1) is 6.04 Å². The highest BCUT2D eigenvalue weighted by atomic mass is 35.5. The molecule has 0 aromatic heterocycles. The number of aryl methyl sites for hydroxylation is 1. The first-order valence-electron chi connectivity index (χ1n) is 9.22. The Morgan fingerprint density at radius 2 is 1.70 bits per heavy atom. The lowest BCUT2D eigenvalue weighted by Gasteiger charge is -2.26. The molecule has 0 aliphatic heterocycles. The Bertz CT molecular complexity index is 772. The quantitative estimate of drug-likeness (QED) is 0.654. The number of ketones is 1. The summed E-state index contributed by atoms with van der Waals surface area (Å²) < 4.78 is 0. The van der Waals surface area contributed by atoms with Gasteiger partial charge in [0, 0.05) is 30.0 Å². The summed E-state index contributed by atoms with van der Waals surface area (Å²) in [4.78, 5) is 26.5. The number of carbonyl (C=O) groups is 2. The van der Waals surface area contributed by atoms with E-state index in [0.29, 0.717) is 17.1 Å². The van der Waals surface area contributed by atoms with Gasteiger partial charge >= 0.3 is 0 Å². The molecule has 2 rings (SSSR count). The second-order valence-corrected chi connectivity index (χ2v) is 7.19. The number of hydrogen-bond donors (Lipinski definition) is 1. The molecule has 1 atom stereocenters. The number of hydrogen-bond acceptors (Lipinski definition) is 3. The first kappa shape index (κ1) is 21.1. The van der Waals surface area contributed by atoms with E-state index in [0.717, 1.165) is 12.0 Å².